The van der Waals surface area contributed by atoms with Gasteiger partial charge in [0.15, 0.2) is 0 Å². The summed E-state index contributed by atoms with van der Waals surface area (Å²) in [6.07, 6.45) is -0.390. The van der Waals surface area contributed by atoms with Crippen LogP contribution < -0.4 is 10.6 Å². The van der Waals surface area contributed by atoms with Crippen molar-refractivity contribution in [3.63, 3.8) is 0 Å². The molecule has 1 aromatic rings. The Morgan fingerprint density at radius 1 is 1.56 bits per heavy atom. The van der Waals surface area contributed by atoms with Gasteiger partial charge in [-0.25, -0.2) is 4.79 Å². The van der Waals surface area contributed by atoms with Crippen LogP contribution in [0.3, 0.4) is 0 Å². The SMILES string of the molecule is N#Cc1c(NC(=O)O)ccc2c1CCNC2. The van der Waals surface area contributed by atoms with E-state index in [-0.39, 0.29) is 0 Å². The molecule has 82 valence electrons. The van der Waals surface area contributed by atoms with E-state index >= 15 is 0 Å². The van der Waals surface area contributed by atoms with Crippen LogP contribution in [0, 0.1) is 11.3 Å². The summed E-state index contributed by atoms with van der Waals surface area (Å²) in [7, 11) is 0. The first-order valence-corrected chi connectivity index (χ1v) is 4.98. The van der Waals surface area contributed by atoms with Crippen LogP contribution in [-0.2, 0) is 13.0 Å². The highest BCUT2D eigenvalue weighted by molar-refractivity contribution is 5.85. The largest absolute Gasteiger partial charge is 0.465 e. The van der Waals surface area contributed by atoms with E-state index in [1.54, 1.807) is 6.07 Å². The van der Waals surface area contributed by atoms with Crippen LogP contribution in [0.2, 0.25) is 0 Å². The van der Waals surface area contributed by atoms with Gasteiger partial charge in [-0.05, 0) is 30.2 Å². The van der Waals surface area contributed by atoms with Crippen LogP contribution in [0.4, 0.5) is 10.5 Å². The van der Waals surface area contributed by atoms with Crippen molar-refractivity contribution >= 4 is 11.8 Å². The number of nitrogens with one attached hydrogen (secondary N) is 2. The standard InChI is InChI=1S/C11H11N3O2/c12-5-9-8-3-4-13-6-7(8)1-2-10(9)14-11(15)16/h1-2,13-14H,3-4,6H2,(H,15,16). The van der Waals surface area contributed by atoms with Gasteiger partial charge in [-0.3, -0.25) is 5.32 Å². The van der Waals surface area contributed by atoms with Gasteiger partial charge in [-0.1, -0.05) is 6.07 Å². The maximum absolute atomic E-state index is 10.6. The minimum Gasteiger partial charge on any atom is -0.465 e. The number of benzene rings is 1. The van der Waals surface area contributed by atoms with Crippen molar-refractivity contribution in [2.45, 2.75) is 13.0 Å². The summed E-state index contributed by atoms with van der Waals surface area (Å²) in [5.41, 5.74) is 2.84. The van der Waals surface area contributed by atoms with Gasteiger partial charge < -0.3 is 10.4 Å². The molecule has 0 spiro atoms. The Morgan fingerprint density at radius 2 is 2.38 bits per heavy atom. The monoisotopic (exact) mass is 217 g/mol. The van der Waals surface area contributed by atoms with Gasteiger partial charge >= 0.3 is 6.09 Å². The van der Waals surface area contributed by atoms with Crippen molar-refractivity contribution in [1.29, 1.82) is 5.26 Å². The summed E-state index contributed by atoms with van der Waals surface area (Å²) in [5, 5.41) is 23.2. The Kier molecular flexibility index (Phi) is 2.75. The lowest BCUT2D eigenvalue weighted by Gasteiger charge is -2.19. The van der Waals surface area contributed by atoms with Crippen LogP contribution in [-0.4, -0.2) is 17.7 Å². The minimum absolute atomic E-state index is 0.371. The first kappa shape index (κ1) is 10.5. The lowest BCUT2D eigenvalue weighted by molar-refractivity contribution is 0.209. The third kappa shape index (κ3) is 1.83. The zero-order valence-electron chi connectivity index (χ0n) is 8.58. The summed E-state index contributed by atoms with van der Waals surface area (Å²) in [6.45, 7) is 1.55. The lowest BCUT2D eigenvalue weighted by Crippen LogP contribution is -2.25. The predicted octanol–water partition coefficient (Wildman–Crippen LogP) is 1.29. The molecule has 0 aliphatic carbocycles. The number of anilines is 1. The molecule has 3 N–H and O–H groups in total. The molecule has 1 aliphatic rings. The maximum Gasteiger partial charge on any atom is 0.409 e. The molecular formula is C11H11N3O2. The second kappa shape index (κ2) is 4.21. The number of hydrogen-bond donors (Lipinski definition) is 3. The molecule has 1 aromatic carbocycles. The van der Waals surface area contributed by atoms with E-state index in [2.05, 4.69) is 16.7 Å². The number of hydrogen-bond acceptors (Lipinski definition) is 3. The molecule has 5 heteroatoms. The molecule has 0 aromatic heterocycles. The van der Waals surface area contributed by atoms with Crippen LogP contribution in [0.25, 0.3) is 0 Å². The third-order valence-electron chi connectivity index (χ3n) is 2.63. The predicted molar refractivity (Wildman–Crippen MR) is 58.2 cm³/mol. The molecule has 1 amide bonds. The summed E-state index contributed by atoms with van der Waals surface area (Å²) in [6, 6.07) is 5.57. The van der Waals surface area contributed by atoms with Gasteiger partial charge in [-0.15, -0.1) is 0 Å². The number of fused-ring (bicyclic) bond motifs is 1. The quantitative estimate of drug-likeness (QED) is 0.661. The van der Waals surface area contributed by atoms with Gasteiger partial charge in [0, 0.05) is 6.54 Å². The second-order valence-electron chi connectivity index (χ2n) is 3.59. The molecule has 16 heavy (non-hydrogen) atoms. The van der Waals surface area contributed by atoms with Crippen LogP contribution in [0.1, 0.15) is 16.7 Å². The summed E-state index contributed by atoms with van der Waals surface area (Å²) < 4.78 is 0. The zero-order valence-corrected chi connectivity index (χ0v) is 8.58. The van der Waals surface area contributed by atoms with Crippen molar-refractivity contribution in [2.75, 3.05) is 11.9 Å². The number of amides is 1. The topological polar surface area (TPSA) is 85.2 Å². The number of nitriles is 1. The van der Waals surface area contributed by atoms with Gasteiger partial charge in [0.2, 0.25) is 0 Å². The van der Waals surface area contributed by atoms with Gasteiger partial charge in [-0.2, -0.15) is 5.26 Å². The molecule has 0 saturated carbocycles. The fraction of sp³-hybridized carbons (Fsp3) is 0.273. The summed E-state index contributed by atoms with van der Waals surface area (Å²) >= 11 is 0. The van der Waals surface area contributed by atoms with Crippen molar-refractivity contribution in [3.8, 4) is 6.07 Å². The first-order chi connectivity index (χ1) is 7.72. The smallest absolute Gasteiger partial charge is 0.409 e. The van der Waals surface area contributed by atoms with Crippen LogP contribution in [0.15, 0.2) is 12.1 Å². The molecule has 1 heterocycles. The van der Waals surface area contributed by atoms with Crippen molar-refractivity contribution in [3.05, 3.63) is 28.8 Å². The van der Waals surface area contributed by atoms with E-state index in [1.165, 1.54) is 0 Å². The van der Waals surface area contributed by atoms with Crippen molar-refractivity contribution in [2.24, 2.45) is 0 Å². The van der Waals surface area contributed by atoms with E-state index in [4.69, 9.17) is 10.4 Å². The van der Waals surface area contributed by atoms with Gasteiger partial charge in [0.05, 0.1) is 11.3 Å². The maximum atomic E-state index is 10.6. The number of rotatable bonds is 1. The molecule has 1 aliphatic heterocycles. The van der Waals surface area contributed by atoms with Gasteiger partial charge in [0.1, 0.15) is 6.07 Å². The Labute approximate surface area is 92.7 Å². The molecule has 0 atom stereocenters. The molecule has 0 saturated heterocycles. The van der Waals surface area contributed by atoms with Crippen LogP contribution >= 0.6 is 0 Å². The van der Waals surface area contributed by atoms with Crippen LogP contribution in [0.5, 0.6) is 0 Å². The van der Waals surface area contributed by atoms with E-state index in [1.807, 2.05) is 6.07 Å². The molecule has 0 bridgehead atoms. The first-order valence-electron chi connectivity index (χ1n) is 4.98. The fourth-order valence-electron chi connectivity index (χ4n) is 1.93. The Bertz CT molecular complexity index is 477. The Morgan fingerprint density at radius 3 is 3.06 bits per heavy atom. The van der Waals surface area contributed by atoms with Gasteiger partial charge in [0.25, 0.3) is 0 Å². The average molecular weight is 217 g/mol. The second-order valence-corrected chi connectivity index (χ2v) is 3.59. The zero-order chi connectivity index (χ0) is 11.5. The fourth-order valence-corrected chi connectivity index (χ4v) is 1.93. The third-order valence-corrected chi connectivity index (χ3v) is 2.63. The Hall–Kier alpha value is -2.06. The highest BCUT2D eigenvalue weighted by Crippen LogP contribution is 2.25. The highest BCUT2D eigenvalue weighted by atomic mass is 16.4. The molecule has 0 unspecified atom stereocenters. The molecule has 2 rings (SSSR count). The van der Waals surface area contributed by atoms with E-state index in [0.29, 0.717) is 11.3 Å². The Balaban J connectivity index is 2.48. The van der Waals surface area contributed by atoms with E-state index in [9.17, 15) is 4.79 Å². The highest BCUT2D eigenvalue weighted by Gasteiger charge is 2.16. The van der Waals surface area contributed by atoms with Crippen molar-refractivity contribution < 1.29 is 9.90 Å². The number of carboxylic acid groups (broad SMARTS) is 1. The minimum atomic E-state index is -1.15. The van der Waals surface area contributed by atoms with Crippen molar-refractivity contribution in [1.82, 2.24) is 5.32 Å². The molecule has 0 radical (unpaired) electrons. The average Bonchev–Trinajstić information content (AvgIpc) is 2.28. The van der Waals surface area contributed by atoms with E-state index in [0.717, 1.165) is 30.6 Å². The molecular weight excluding hydrogens is 206 g/mol. The normalized spacial score (nSPS) is 13.7. The number of nitrogens with zero attached hydrogens (tertiary/aromatic N) is 1. The summed E-state index contributed by atoms with van der Waals surface area (Å²) in [5.74, 6) is 0. The summed E-state index contributed by atoms with van der Waals surface area (Å²) in [4.78, 5) is 10.6. The van der Waals surface area contributed by atoms with E-state index < -0.39 is 6.09 Å². The lowest BCUT2D eigenvalue weighted by atomic mass is 9.94. The molecule has 0 fully saturated rings. The number of carbonyl (C=O) groups is 1. The molecule has 5 nitrogen and oxygen atoms in total.